The minimum absolute atomic E-state index is 0.0447. The zero-order valence-electron chi connectivity index (χ0n) is 15.4. The summed E-state index contributed by atoms with van der Waals surface area (Å²) in [7, 11) is 0. The number of benzene rings is 1. The fraction of sp³-hybridized carbons (Fsp3) is 0.429. The molecule has 26 heavy (non-hydrogen) atoms. The second-order valence-electron chi connectivity index (χ2n) is 6.78. The summed E-state index contributed by atoms with van der Waals surface area (Å²) in [4.78, 5) is 24.9. The average molecular weight is 374 g/mol. The molecule has 0 spiro atoms. The van der Waals surface area contributed by atoms with Crippen molar-refractivity contribution in [3.05, 3.63) is 60.1 Å². The van der Waals surface area contributed by atoms with Gasteiger partial charge in [0.05, 0.1) is 23.8 Å². The number of ketones is 1. The van der Waals surface area contributed by atoms with E-state index in [9.17, 15) is 9.59 Å². The molecule has 1 N–H and O–H groups in total. The molecule has 0 aliphatic rings. The maximum Gasteiger partial charge on any atom is 0.220 e. The Balaban J connectivity index is 1.91. The molecule has 1 heterocycles. The molecule has 2 aromatic rings. The van der Waals surface area contributed by atoms with E-state index in [1.807, 2.05) is 42.5 Å². The van der Waals surface area contributed by atoms with Crippen molar-refractivity contribution in [2.24, 2.45) is 5.92 Å². The Morgan fingerprint density at radius 3 is 2.54 bits per heavy atom. The van der Waals surface area contributed by atoms with Crippen LogP contribution in [0.3, 0.4) is 0 Å². The third-order valence-corrected chi connectivity index (χ3v) is 5.00. The van der Waals surface area contributed by atoms with E-state index in [1.54, 1.807) is 6.26 Å². The van der Waals surface area contributed by atoms with Gasteiger partial charge in [0.25, 0.3) is 0 Å². The molecule has 1 atom stereocenters. The minimum atomic E-state index is -0.485. The van der Waals surface area contributed by atoms with Crippen LogP contribution in [0.4, 0.5) is 0 Å². The summed E-state index contributed by atoms with van der Waals surface area (Å²) in [5.41, 5.74) is 1.05. The predicted molar refractivity (Wildman–Crippen MR) is 106 cm³/mol. The topological polar surface area (TPSA) is 59.3 Å². The number of rotatable bonds is 11. The Bertz CT molecular complexity index is 668. The maximum absolute atomic E-state index is 12.7. The first kappa shape index (κ1) is 20.3. The van der Waals surface area contributed by atoms with Crippen molar-refractivity contribution in [1.29, 1.82) is 0 Å². The molecule has 0 saturated heterocycles. The molecule has 0 unspecified atom stereocenters. The summed E-state index contributed by atoms with van der Waals surface area (Å²) in [6.45, 7) is 4.18. The maximum atomic E-state index is 12.7. The van der Waals surface area contributed by atoms with Crippen LogP contribution < -0.4 is 5.32 Å². The summed E-state index contributed by atoms with van der Waals surface area (Å²) >= 11 is 1.51. The van der Waals surface area contributed by atoms with Crippen LogP contribution in [0.1, 0.15) is 38.0 Å². The molecule has 0 aliphatic heterocycles. The number of Topliss-reactive ketones (excluding diaryl/α,β-unsaturated/α-hetero) is 1. The summed E-state index contributed by atoms with van der Waals surface area (Å²) in [5, 5.41) is 2.94. The Labute approximate surface area is 159 Å². The van der Waals surface area contributed by atoms with Gasteiger partial charge in [0.15, 0.2) is 5.78 Å². The second kappa shape index (κ2) is 10.9. The van der Waals surface area contributed by atoms with Crippen LogP contribution in [0.15, 0.2) is 53.1 Å². The molecule has 0 fully saturated rings. The molecule has 4 nitrogen and oxygen atoms in total. The highest BCUT2D eigenvalue weighted by atomic mass is 32.2. The standard InChI is InChI=1S/C21H27NO3S/c1-16(2)10-11-21(24)22-19(13-17-7-4-3-5-8-17)20(23)15-26-14-18-9-6-12-25-18/h3-9,12,16,19H,10-11,13-15H2,1-2H3,(H,22,24)/t19-/m0/s1. The van der Waals surface area contributed by atoms with Gasteiger partial charge in [0.2, 0.25) is 5.91 Å². The van der Waals surface area contributed by atoms with Crippen LogP contribution in [-0.4, -0.2) is 23.5 Å². The molecule has 5 heteroatoms. The predicted octanol–water partition coefficient (Wildman–Crippen LogP) is 4.25. The SMILES string of the molecule is CC(C)CCC(=O)N[C@@H](Cc1ccccc1)C(=O)CSCc1ccco1. The van der Waals surface area contributed by atoms with E-state index >= 15 is 0 Å². The first-order valence-electron chi connectivity index (χ1n) is 9.00. The number of nitrogens with one attached hydrogen (secondary N) is 1. The lowest BCUT2D eigenvalue weighted by molar-refractivity contribution is -0.126. The molecule has 1 amide bonds. The van der Waals surface area contributed by atoms with Gasteiger partial charge in [-0.2, -0.15) is 0 Å². The highest BCUT2D eigenvalue weighted by Crippen LogP contribution is 2.14. The summed E-state index contributed by atoms with van der Waals surface area (Å²) < 4.78 is 5.29. The van der Waals surface area contributed by atoms with E-state index in [1.165, 1.54) is 11.8 Å². The fourth-order valence-electron chi connectivity index (χ4n) is 2.53. The van der Waals surface area contributed by atoms with Gasteiger partial charge in [-0.15, -0.1) is 11.8 Å². The van der Waals surface area contributed by atoms with Crippen molar-refractivity contribution in [2.45, 2.75) is 44.9 Å². The molecule has 140 valence electrons. The summed E-state index contributed by atoms with van der Waals surface area (Å²) in [6, 6.07) is 13.1. The number of carbonyl (C=O) groups is 2. The largest absolute Gasteiger partial charge is 0.468 e. The summed E-state index contributed by atoms with van der Waals surface area (Å²) in [5.74, 6) is 2.31. The van der Waals surface area contributed by atoms with E-state index < -0.39 is 6.04 Å². The van der Waals surface area contributed by atoms with Gasteiger partial charge >= 0.3 is 0 Å². The normalized spacial score (nSPS) is 12.1. The molecule has 1 aromatic carbocycles. The monoisotopic (exact) mass is 373 g/mol. The lowest BCUT2D eigenvalue weighted by atomic mass is 10.0. The minimum Gasteiger partial charge on any atom is -0.468 e. The Kier molecular flexibility index (Phi) is 8.48. The van der Waals surface area contributed by atoms with Gasteiger partial charge in [-0.05, 0) is 36.5 Å². The quantitative estimate of drug-likeness (QED) is 0.640. The Morgan fingerprint density at radius 2 is 1.88 bits per heavy atom. The van der Waals surface area contributed by atoms with Gasteiger partial charge in [0, 0.05) is 6.42 Å². The number of thioether (sulfide) groups is 1. The summed E-state index contributed by atoms with van der Waals surface area (Å²) in [6.07, 6.45) is 3.43. The average Bonchev–Trinajstić information content (AvgIpc) is 3.13. The Morgan fingerprint density at radius 1 is 1.12 bits per heavy atom. The number of furan rings is 1. The van der Waals surface area contributed by atoms with Gasteiger partial charge in [-0.1, -0.05) is 44.2 Å². The lowest BCUT2D eigenvalue weighted by Crippen LogP contribution is -2.43. The number of amides is 1. The van der Waals surface area contributed by atoms with Crippen molar-refractivity contribution in [3.63, 3.8) is 0 Å². The second-order valence-corrected chi connectivity index (χ2v) is 7.77. The third-order valence-electron chi connectivity index (χ3n) is 4.02. The van der Waals surface area contributed by atoms with Crippen LogP contribution >= 0.6 is 11.8 Å². The highest BCUT2D eigenvalue weighted by molar-refractivity contribution is 7.99. The number of hydrogen-bond acceptors (Lipinski definition) is 4. The van der Waals surface area contributed by atoms with Crippen LogP contribution in [0.25, 0.3) is 0 Å². The van der Waals surface area contributed by atoms with Gasteiger partial charge < -0.3 is 9.73 Å². The van der Waals surface area contributed by atoms with Crippen LogP contribution in [0, 0.1) is 5.92 Å². The number of carbonyl (C=O) groups excluding carboxylic acids is 2. The Hall–Kier alpha value is -2.01. The smallest absolute Gasteiger partial charge is 0.220 e. The van der Waals surface area contributed by atoms with Crippen molar-refractivity contribution in [2.75, 3.05) is 5.75 Å². The van der Waals surface area contributed by atoms with Crippen molar-refractivity contribution < 1.29 is 14.0 Å². The molecular weight excluding hydrogens is 346 g/mol. The highest BCUT2D eigenvalue weighted by Gasteiger charge is 2.21. The van der Waals surface area contributed by atoms with E-state index in [-0.39, 0.29) is 11.7 Å². The first-order valence-corrected chi connectivity index (χ1v) is 10.2. The van der Waals surface area contributed by atoms with E-state index in [2.05, 4.69) is 19.2 Å². The first-order chi connectivity index (χ1) is 12.5. The molecule has 0 saturated carbocycles. The molecular formula is C21H27NO3S. The third kappa shape index (κ3) is 7.48. The lowest BCUT2D eigenvalue weighted by Gasteiger charge is -2.18. The van der Waals surface area contributed by atoms with E-state index in [0.29, 0.717) is 30.3 Å². The van der Waals surface area contributed by atoms with Gasteiger partial charge in [0.1, 0.15) is 5.76 Å². The van der Waals surface area contributed by atoms with Crippen LogP contribution in [0.5, 0.6) is 0 Å². The molecule has 1 aromatic heterocycles. The molecule has 2 rings (SSSR count). The van der Waals surface area contributed by atoms with E-state index in [4.69, 9.17) is 4.42 Å². The molecule has 0 radical (unpaired) electrons. The van der Waals surface area contributed by atoms with Crippen molar-refractivity contribution >= 4 is 23.5 Å². The molecule has 0 bridgehead atoms. The fourth-order valence-corrected chi connectivity index (χ4v) is 3.40. The van der Waals surface area contributed by atoms with E-state index in [0.717, 1.165) is 17.7 Å². The van der Waals surface area contributed by atoms with Crippen LogP contribution in [-0.2, 0) is 21.8 Å². The van der Waals surface area contributed by atoms with Gasteiger partial charge in [-0.25, -0.2) is 0 Å². The number of hydrogen-bond donors (Lipinski definition) is 1. The molecule has 0 aliphatic carbocycles. The zero-order valence-corrected chi connectivity index (χ0v) is 16.3. The zero-order chi connectivity index (χ0) is 18.8. The van der Waals surface area contributed by atoms with Crippen molar-refractivity contribution in [3.8, 4) is 0 Å². The van der Waals surface area contributed by atoms with Gasteiger partial charge in [-0.3, -0.25) is 9.59 Å². The van der Waals surface area contributed by atoms with Crippen LogP contribution in [0.2, 0.25) is 0 Å². The van der Waals surface area contributed by atoms with Crippen molar-refractivity contribution in [1.82, 2.24) is 5.32 Å².